The maximum Gasteiger partial charge on any atom is 0.265 e. The lowest BCUT2D eigenvalue weighted by atomic mass is 10.1. The highest BCUT2D eigenvalue weighted by atomic mass is 32.2. The normalized spacial score (nSPS) is 21.6. The van der Waals surface area contributed by atoms with Gasteiger partial charge >= 0.3 is 0 Å². The molecule has 0 fully saturated rings. The number of ether oxygens (including phenoxy) is 1. The summed E-state index contributed by atoms with van der Waals surface area (Å²) in [5.41, 5.74) is 0.114. The quantitative estimate of drug-likeness (QED) is 0.562. The molecule has 1 rings (SSSR count). The van der Waals surface area contributed by atoms with E-state index in [0.717, 1.165) is 0 Å². The van der Waals surface area contributed by atoms with Crippen LogP contribution >= 0.6 is 11.8 Å². The molecule has 0 radical (unpaired) electrons. The topological polar surface area (TPSA) is 72.6 Å². The minimum Gasteiger partial charge on any atom is -0.395 e. The second-order valence-corrected chi connectivity index (χ2v) is 4.53. The summed E-state index contributed by atoms with van der Waals surface area (Å²) >= 11 is 1.54. The van der Waals surface area contributed by atoms with Crippen molar-refractivity contribution in [3.63, 3.8) is 0 Å². The molecule has 0 aromatic rings. The summed E-state index contributed by atoms with van der Waals surface area (Å²) in [5, 5.41) is 19.4. The molecule has 2 atom stereocenters. The van der Waals surface area contributed by atoms with Crippen LogP contribution in [0.3, 0.4) is 0 Å². The van der Waals surface area contributed by atoms with Crippen LogP contribution in [0.1, 0.15) is 6.42 Å². The average Bonchev–Trinajstić information content (AvgIpc) is 2.31. The maximum absolute atomic E-state index is 10.4. The van der Waals surface area contributed by atoms with Gasteiger partial charge in [-0.15, -0.1) is 0 Å². The molecule has 0 saturated carbocycles. The van der Waals surface area contributed by atoms with E-state index in [9.17, 15) is 10.1 Å². The van der Waals surface area contributed by atoms with Gasteiger partial charge in [-0.05, 0) is 18.4 Å². The highest BCUT2D eigenvalue weighted by Crippen LogP contribution is 2.15. The highest BCUT2D eigenvalue weighted by Gasteiger charge is 2.16. The first-order valence-electron chi connectivity index (χ1n) is 4.95. The van der Waals surface area contributed by atoms with Gasteiger partial charge < -0.3 is 9.84 Å². The molecule has 5 nitrogen and oxygen atoms in total. The van der Waals surface area contributed by atoms with E-state index in [0.29, 0.717) is 13.0 Å². The van der Waals surface area contributed by atoms with Crippen molar-refractivity contribution >= 4 is 11.8 Å². The first-order chi connectivity index (χ1) is 7.67. The highest BCUT2D eigenvalue weighted by molar-refractivity contribution is 7.99. The third-order valence-electron chi connectivity index (χ3n) is 2.28. The summed E-state index contributed by atoms with van der Waals surface area (Å²) in [7, 11) is 0. The van der Waals surface area contributed by atoms with Gasteiger partial charge in [0.25, 0.3) is 5.70 Å². The van der Waals surface area contributed by atoms with Crippen molar-refractivity contribution in [2.75, 3.05) is 19.5 Å². The van der Waals surface area contributed by atoms with Gasteiger partial charge in [-0.1, -0.05) is 0 Å². The Labute approximate surface area is 98.3 Å². The molecule has 0 spiro atoms. The molecule has 6 heteroatoms. The second kappa shape index (κ2) is 6.67. The van der Waals surface area contributed by atoms with Gasteiger partial charge in [0.05, 0.1) is 29.5 Å². The Kier molecular flexibility index (Phi) is 5.51. The Balaban J connectivity index is 2.33. The molecule has 0 bridgehead atoms. The minimum absolute atomic E-state index is 0.0642. The SMILES string of the molecule is CS[C@H](CO)COC1C=CC([N+](=O)[O-])=CC1. The zero-order valence-electron chi connectivity index (χ0n) is 9.04. The minimum atomic E-state index is -0.412. The summed E-state index contributed by atoms with van der Waals surface area (Å²) in [4.78, 5) is 10.0. The van der Waals surface area contributed by atoms with Crippen molar-refractivity contribution < 1.29 is 14.8 Å². The largest absolute Gasteiger partial charge is 0.395 e. The number of hydrogen-bond donors (Lipinski definition) is 1. The molecule has 0 aromatic heterocycles. The van der Waals surface area contributed by atoms with Crippen LogP contribution in [0.5, 0.6) is 0 Å². The van der Waals surface area contributed by atoms with Crippen LogP contribution in [-0.2, 0) is 4.74 Å². The number of thioether (sulfide) groups is 1. The third-order valence-corrected chi connectivity index (χ3v) is 3.24. The number of allylic oxidation sites excluding steroid dienone is 1. The Morgan fingerprint density at radius 3 is 3.00 bits per heavy atom. The van der Waals surface area contributed by atoms with Gasteiger partial charge in [0, 0.05) is 12.5 Å². The Hall–Kier alpha value is -0.850. The monoisotopic (exact) mass is 245 g/mol. The van der Waals surface area contributed by atoms with E-state index in [1.54, 1.807) is 23.9 Å². The van der Waals surface area contributed by atoms with Crippen LogP contribution in [0.4, 0.5) is 0 Å². The first-order valence-corrected chi connectivity index (χ1v) is 6.24. The zero-order chi connectivity index (χ0) is 12.0. The van der Waals surface area contributed by atoms with E-state index in [-0.39, 0.29) is 23.7 Å². The second-order valence-electron chi connectivity index (χ2n) is 3.39. The molecule has 16 heavy (non-hydrogen) atoms. The van der Waals surface area contributed by atoms with Crippen LogP contribution in [0.15, 0.2) is 23.9 Å². The van der Waals surface area contributed by atoms with Crippen molar-refractivity contribution in [1.29, 1.82) is 0 Å². The standard InChI is InChI=1S/C10H15NO4S/c1-16-10(6-12)7-15-9-4-2-8(3-5-9)11(13)14/h2-4,9-10,12H,5-7H2,1H3/t9?,10-/m1/s1. The number of aliphatic hydroxyl groups is 1. The summed E-state index contributed by atoms with van der Waals surface area (Å²) in [5.74, 6) is 0. The predicted octanol–water partition coefficient (Wildman–Crippen LogP) is 1.22. The van der Waals surface area contributed by atoms with Gasteiger partial charge in [0.15, 0.2) is 0 Å². The van der Waals surface area contributed by atoms with Crippen LogP contribution in [0.2, 0.25) is 0 Å². The molecule has 0 amide bonds. The Morgan fingerprint density at radius 1 is 1.81 bits per heavy atom. The number of aliphatic hydroxyl groups excluding tert-OH is 1. The van der Waals surface area contributed by atoms with Crippen molar-refractivity contribution in [3.8, 4) is 0 Å². The lowest BCUT2D eigenvalue weighted by molar-refractivity contribution is -0.419. The molecule has 0 saturated heterocycles. The van der Waals surface area contributed by atoms with Gasteiger partial charge in [0.2, 0.25) is 0 Å². The van der Waals surface area contributed by atoms with Crippen LogP contribution in [0.25, 0.3) is 0 Å². The molecule has 0 aromatic carbocycles. The van der Waals surface area contributed by atoms with Crippen molar-refractivity contribution in [1.82, 2.24) is 0 Å². The summed E-state index contributed by atoms with van der Waals surface area (Å²) in [6.07, 6.45) is 7.00. The predicted molar refractivity (Wildman–Crippen MR) is 63.0 cm³/mol. The van der Waals surface area contributed by atoms with E-state index in [2.05, 4.69) is 0 Å². The number of rotatable bonds is 6. The molecule has 1 aliphatic rings. The van der Waals surface area contributed by atoms with E-state index < -0.39 is 4.92 Å². The van der Waals surface area contributed by atoms with Crippen molar-refractivity contribution in [2.45, 2.75) is 17.8 Å². The maximum atomic E-state index is 10.4. The fourth-order valence-corrected chi connectivity index (χ4v) is 1.64. The summed E-state index contributed by atoms with van der Waals surface area (Å²) < 4.78 is 5.52. The molecule has 1 unspecified atom stereocenters. The smallest absolute Gasteiger partial charge is 0.265 e. The molecular formula is C10H15NO4S. The Bertz CT molecular complexity index is 299. The third kappa shape index (κ3) is 3.96. The molecule has 0 aliphatic heterocycles. The number of nitro groups is 1. The zero-order valence-corrected chi connectivity index (χ0v) is 9.85. The van der Waals surface area contributed by atoms with Crippen molar-refractivity contribution in [3.05, 3.63) is 34.0 Å². The molecule has 90 valence electrons. The van der Waals surface area contributed by atoms with Gasteiger partial charge in [0.1, 0.15) is 0 Å². The van der Waals surface area contributed by atoms with Crippen LogP contribution in [-0.4, -0.2) is 40.9 Å². The van der Waals surface area contributed by atoms with Crippen molar-refractivity contribution in [2.24, 2.45) is 0 Å². The number of hydrogen-bond acceptors (Lipinski definition) is 5. The summed E-state index contributed by atoms with van der Waals surface area (Å²) in [6, 6.07) is 0. The molecule has 1 aliphatic carbocycles. The molecular weight excluding hydrogens is 230 g/mol. The Morgan fingerprint density at radius 2 is 2.56 bits per heavy atom. The van der Waals surface area contributed by atoms with Crippen LogP contribution < -0.4 is 0 Å². The number of nitrogens with zero attached hydrogens (tertiary/aromatic N) is 1. The van der Waals surface area contributed by atoms with Gasteiger partial charge in [-0.25, -0.2) is 0 Å². The van der Waals surface area contributed by atoms with Crippen LogP contribution in [0, 0.1) is 10.1 Å². The average molecular weight is 245 g/mol. The van der Waals surface area contributed by atoms with E-state index in [1.807, 2.05) is 6.26 Å². The fraction of sp³-hybridized carbons (Fsp3) is 0.600. The summed E-state index contributed by atoms with van der Waals surface area (Å²) in [6.45, 7) is 0.530. The lowest BCUT2D eigenvalue weighted by Crippen LogP contribution is -2.22. The van der Waals surface area contributed by atoms with Gasteiger partial charge in [-0.2, -0.15) is 11.8 Å². The molecule has 1 N–H and O–H groups in total. The fourth-order valence-electron chi connectivity index (χ4n) is 1.27. The van der Waals surface area contributed by atoms with Gasteiger partial charge in [-0.3, -0.25) is 10.1 Å². The first kappa shape index (κ1) is 13.2. The van der Waals surface area contributed by atoms with E-state index in [1.165, 1.54) is 6.08 Å². The van der Waals surface area contributed by atoms with E-state index >= 15 is 0 Å². The lowest BCUT2D eigenvalue weighted by Gasteiger charge is -2.18. The molecule has 0 heterocycles. The van der Waals surface area contributed by atoms with E-state index in [4.69, 9.17) is 9.84 Å².